The minimum atomic E-state index is -4.55. The second-order valence-electron chi connectivity index (χ2n) is 5.71. The minimum Gasteiger partial charge on any atom is -0.321 e. The van der Waals surface area contributed by atoms with E-state index in [1.165, 1.54) is 18.2 Å². The van der Waals surface area contributed by atoms with Crippen LogP contribution in [0.15, 0.2) is 48.5 Å². The standard InChI is InChI=1S/C19H15F3N2O/c1-11-13-7-3-5-9-15(13)23-12(2)17(11)18(25)24-16-10-6-4-8-14(16)19(20,21)22/h3-10H,1-2H3,(H,24,25). The fourth-order valence-corrected chi connectivity index (χ4v) is 2.89. The zero-order chi connectivity index (χ0) is 18.2. The number of fused-ring (bicyclic) bond motifs is 1. The smallest absolute Gasteiger partial charge is 0.321 e. The number of para-hydroxylation sites is 2. The lowest BCUT2D eigenvalue weighted by molar-refractivity contribution is -0.136. The predicted octanol–water partition coefficient (Wildman–Crippen LogP) is 5.12. The first-order valence-corrected chi connectivity index (χ1v) is 7.62. The van der Waals surface area contributed by atoms with Gasteiger partial charge in [-0.05, 0) is 37.6 Å². The first-order valence-electron chi connectivity index (χ1n) is 7.62. The molecule has 3 aromatic rings. The molecule has 0 aliphatic carbocycles. The number of carbonyl (C=O) groups excluding carboxylic acids is 1. The number of carbonyl (C=O) groups is 1. The summed E-state index contributed by atoms with van der Waals surface area (Å²) >= 11 is 0. The number of hydrogen-bond acceptors (Lipinski definition) is 2. The van der Waals surface area contributed by atoms with Gasteiger partial charge in [-0.15, -0.1) is 0 Å². The maximum absolute atomic E-state index is 13.1. The number of nitrogens with zero attached hydrogens (tertiary/aromatic N) is 1. The Labute approximate surface area is 142 Å². The van der Waals surface area contributed by atoms with Gasteiger partial charge in [0.1, 0.15) is 0 Å². The lowest BCUT2D eigenvalue weighted by Gasteiger charge is -2.16. The van der Waals surface area contributed by atoms with Crippen molar-refractivity contribution in [1.29, 1.82) is 0 Å². The molecule has 25 heavy (non-hydrogen) atoms. The van der Waals surface area contributed by atoms with Crippen LogP contribution in [0.25, 0.3) is 10.9 Å². The molecule has 1 heterocycles. The van der Waals surface area contributed by atoms with E-state index in [1.54, 1.807) is 13.8 Å². The molecule has 0 unspecified atom stereocenters. The highest BCUT2D eigenvalue weighted by molar-refractivity contribution is 6.08. The van der Waals surface area contributed by atoms with Crippen LogP contribution in [0.1, 0.15) is 27.2 Å². The van der Waals surface area contributed by atoms with Crippen molar-refractivity contribution < 1.29 is 18.0 Å². The van der Waals surface area contributed by atoms with Crippen LogP contribution in [0.3, 0.4) is 0 Å². The Balaban J connectivity index is 2.05. The molecule has 0 fully saturated rings. The van der Waals surface area contributed by atoms with E-state index < -0.39 is 17.6 Å². The topological polar surface area (TPSA) is 42.0 Å². The number of pyridine rings is 1. The highest BCUT2D eigenvalue weighted by atomic mass is 19.4. The van der Waals surface area contributed by atoms with Crippen molar-refractivity contribution in [3.8, 4) is 0 Å². The maximum atomic E-state index is 13.1. The van der Waals surface area contributed by atoms with Crippen LogP contribution in [0.5, 0.6) is 0 Å². The number of anilines is 1. The van der Waals surface area contributed by atoms with E-state index in [0.29, 0.717) is 11.3 Å². The number of benzene rings is 2. The first kappa shape index (κ1) is 17.0. The number of hydrogen-bond donors (Lipinski definition) is 1. The number of alkyl halides is 3. The van der Waals surface area contributed by atoms with Crippen LogP contribution in [0, 0.1) is 13.8 Å². The molecule has 0 atom stereocenters. The molecule has 1 aromatic heterocycles. The van der Waals surface area contributed by atoms with Crippen LogP contribution < -0.4 is 5.32 Å². The van der Waals surface area contributed by atoms with Gasteiger partial charge in [0, 0.05) is 5.39 Å². The van der Waals surface area contributed by atoms with Gasteiger partial charge in [-0.3, -0.25) is 9.78 Å². The van der Waals surface area contributed by atoms with Crippen LogP contribution in [-0.2, 0) is 6.18 Å². The third-order valence-corrected chi connectivity index (χ3v) is 4.04. The predicted molar refractivity (Wildman–Crippen MR) is 90.6 cm³/mol. The Kier molecular flexibility index (Phi) is 4.20. The van der Waals surface area contributed by atoms with Crippen molar-refractivity contribution in [1.82, 2.24) is 4.98 Å². The van der Waals surface area contributed by atoms with E-state index in [-0.39, 0.29) is 11.3 Å². The van der Waals surface area contributed by atoms with E-state index in [9.17, 15) is 18.0 Å². The summed E-state index contributed by atoms with van der Waals surface area (Å²) in [5.74, 6) is -0.607. The SMILES string of the molecule is Cc1nc2ccccc2c(C)c1C(=O)Nc1ccccc1C(F)(F)F. The number of amides is 1. The van der Waals surface area contributed by atoms with Gasteiger partial charge in [0.25, 0.3) is 5.91 Å². The fraction of sp³-hybridized carbons (Fsp3) is 0.158. The molecule has 3 rings (SSSR count). The van der Waals surface area contributed by atoms with E-state index in [1.807, 2.05) is 24.3 Å². The molecule has 0 radical (unpaired) electrons. The van der Waals surface area contributed by atoms with Gasteiger partial charge in [0.15, 0.2) is 0 Å². The normalized spacial score (nSPS) is 11.6. The van der Waals surface area contributed by atoms with Crippen LogP contribution in [0.2, 0.25) is 0 Å². The fourth-order valence-electron chi connectivity index (χ4n) is 2.89. The van der Waals surface area contributed by atoms with E-state index in [2.05, 4.69) is 10.3 Å². The van der Waals surface area contributed by atoms with Gasteiger partial charge < -0.3 is 5.32 Å². The van der Waals surface area contributed by atoms with Crippen LogP contribution in [0.4, 0.5) is 18.9 Å². The van der Waals surface area contributed by atoms with Gasteiger partial charge in [-0.2, -0.15) is 13.2 Å². The molecule has 0 bridgehead atoms. The summed E-state index contributed by atoms with van der Waals surface area (Å²) in [5.41, 5.74) is 1.03. The van der Waals surface area contributed by atoms with Gasteiger partial charge in [0.05, 0.1) is 28.0 Å². The number of aromatic nitrogens is 1. The highest BCUT2D eigenvalue weighted by Gasteiger charge is 2.33. The summed E-state index contributed by atoms with van der Waals surface area (Å²) in [6, 6.07) is 12.2. The summed E-state index contributed by atoms with van der Waals surface area (Å²) < 4.78 is 39.3. The van der Waals surface area contributed by atoms with Crippen LogP contribution >= 0.6 is 0 Å². The molecule has 1 amide bonds. The van der Waals surface area contributed by atoms with E-state index >= 15 is 0 Å². The zero-order valence-electron chi connectivity index (χ0n) is 13.6. The van der Waals surface area contributed by atoms with Crippen molar-refractivity contribution in [2.24, 2.45) is 0 Å². The van der Waals surface area contributed by atoms with E-state index in [4.69, 9.17) is 0 Å². The van der Waals surface area contributed by atoms with Crippen molar-refractivity contribution in [3.63, 3.8) is 0 Å². The molecule has 128 valence electrons. The molecular formula is C19H15F3N2O. The Morgan fingerprint density at radius 2 is 1.64 bits per heavy atom. The second-order valence-corrected chi connectivity index (χ2v) is 5.71. The zero-order valence-corrected chi connectivity index (χ0v) is 13.6. The number of aryl methyl sites for hydroxylation is 2. The minimum absolute atomic E-state index is 0.271. The lowest BCUT2D eigenvalue weighted by atomic mass is 10.0. The average Bonchev–Trinajstić information content (AvgIpc) is 2.54. The van der Waals surface area contributed by atoms with Gasteiger partial charge in [-0.25, -0.2) is 0 Å². The first-order chi connectivity index (χ1) is 11.8. The van der Waals surface area contributed by atoms with Crippen molar-refractivity contribution in [3.05, 3.63) is 70.9 Å². The summed E-state index contributed by atoms with van der Waals surface area (Å²) in [5, 5.41) is 3.17. The molecule has 0 aliphatic rings. The largest absolute Gasteiger partial charge is 0.418 e. The molecule has 0 spiro atoms. The monoisotopic (exact) mass is 344 g/mol. The van der Waals surface area contributed by atoms with E-state index in [0.717, 1.165) is 17.0 Å². The van der Waals surface area contributed by atoms with Gasteiger partial charge in [0.2, 0.25) is 0 Å². The number of rotatable bonds is 2. The molecule has 3 nitrogen and oxygen atoms in total. The molecule has 1 N–H and O–H groups in total. The molecule has 0 saturated heterocycles. The second kappa shape index (κ2) is 6.20. The third kappa shape index (κ3) is 3.20. The van der Waals surface area contributed by atoms with Crippen molar-refractivity contribution in [2.75, 3.05) is 5.32 Å². The van der Waals surface area contributed by atoms with Crippen LogP contribution in [-0.4, -0.2) is 10.9 Å². The summed E-state index contributed by atoms with van der Waals surface area (Å²) in [4.78, 5) is 17.0. The molecule has 0 saturated carbocycles. The van der Waals surface area contributed by atoms with Crippen molar-refractivity contribution in [2.45, 2.75) is 20.0 Å². The lowest BCUT2D eigenvalue weighted by Crippen LogP contribution is -2.19. The average molecular weight is 344 g/mol. The molecule has 6 heteroatoms. The number of nitrogens with one attached hydrogen (secondary N) is 1. The summed E-state index contributed by atoms with van der Waals surface area (Å²) in [6.07, 6.45) is -4.55. The summed E-state index contributed by atoms with van der Waals surface area (Å²) in [6.45, 7) is 3.44. The summed E-state index contributed by atoms with van der Waals surface area (Å²) in [7, 11) is 0. The third-order valence-electron chi connectivity index (χ3n) is 4.04. The molecular weight excluding hydrogens is 329 g/mol. The highest BCUT2D eigenvalue weighted by Crippen LogP contribution is 2.35. The Morgan fingerprint density at radius 3 is 2.36 bits per heavy atom. The molecule has 0 aliphatic heterocycles. The maximum Gasteiger partial charge on any atom is 0.418 e. The Hall–Kier alpha value is -2.89. The van der Waals surface area contributed by atoms with Gasteiger partial charge >= 0.3 is 6.18 Å². The Bertz CT molecular complexity index is 965. The number of halogens is 3. The quantitative estimate of drug-likeness (QED) is 0.701. The Morgan fingerprint density at radius 1 is 1.00 bits per heavy atom. The van der Waals surface area contributed by atoms with Crippen molar-refractivity contribution >= 4 is 22.5 Å². The molecule has 2 aromatic carbocycles. The van der Waals surface area contributed by atoms with Gasteiger partial charge in [-0.1, -0.05) is 30.3 Å².